The molecule has 0 aliphatic carbocycles. The second-order valence-electron chi connectivity index (χ2n) is 13.6. The number of carboxylic acids is 2. The summed E-state index contributed by atoms with van der Waals surface area (Å²) in [6.07, 6.45) is 3.87. The van der Waals surface area contributed by atoms with Crippen molar-refractivity contribution < 1.29 is 64.2 Å². The Hall–Kier alpha value is -6.14. The van der Waals surface area contributed by atoms with Gasteiger partial charge in [-0.15, -0.1) is 0 Å². The standard InChI is InChI=1S/C22H27NO7S.C21H25NO7S/c1-4-29-23-16(2)21(22(24)25)15-18-7-9-19(10-8-18)28-14-13-17-5-11-20(12-6-17)30-31(3,26)27;1-15(22-27-2)20(21(23)24)14-17-6-8-18(9-7-17)28-13-12-16-4-10-19(11-5-16)29-30(3,25)26/h5-12,21H,4,13-15H2,1-3H3,(H,24,25);4-11,20H,12-14H2,1-3H3,(H,23,24)/b23-16-;22-15+. The number of rotatable bonds is 23. The SMILES string of the molecule is CCO/N=C(/C)C(Cc1ccc(OCCc2ccc(OS(C)(=O)=O)cc2)cc1)C(=O)O.CO/N=C(\C)C(Cc1ccc(OCCc2ccc(OS(C)(=O)=O)cc2)cc1)C(=O)O. The number of carbonyl (C=O) groups is 2. The zero-order valence-corrected chi connectivity index (χ0v) is 36.5. The summed E-state index contributed by atoms with van der Waals surface area (Å²) in [5, 5.41) is 26.4. The van der Waals surface area contributed by atoms with Crippen molar-refractivity contribution >= 4 is 43.6 Å². The Bertz CT molecular complexity index is 2280. The molecule has 16 nitrogen and oxygen atoms in total. The van der Waals surface area contributed by atoms with Crippen molar-refractivity contribution in [1.29, 1.82) is 0 Å². The van der Waals surface area contributed by atoms with E-state index in [0.717, 1.165) is 34.8 Å². The maximum Gasteiger partial charge on any atom is 0.312 e. The highest BCUT2D eigenvalue weighted by atomic mass is 32.2. The highest BCUT2D eigenvalue weighted by Gasteiger charge is 2.23. The fraction of sp³-hybridized carbons (Fsp3) is 0.349. The van der Waals surface area contributed by atoms with Crippen LogP contribution in [0.25, 0.3) is 0 Å². The van der Waals surface area contributed by atoms with Crippen LogP contribution in [0.4, 0.5) is 0 Å². The fourth-order valence-corrected chi connectivity index (χ4v) is 6.45. The van der Waals surface area contributed by atoms with Crippen molar-refractivity contribution in [2.45, 2.75) is 46.5 Å². The highest BCUT2D eigenvalue weighted by molar-refractivity contribution is 7.86. The van der Waals surface area contributed by atoms with Gasteiger partial charge in [-0.1, -0.05) is 58.8 Å². The van der Waals surface area contributed by atoms with Crippen LogP contribution in [0.2, 0.25) is 0 Å². The normalized spacial score (nSPS) is 12.8. The van der Waals surface area contributed by atoms with Gasteiger partial charge in [-0.05, 0) is 104 Å². The van der Waals surface area contributed by atoms with Crippen molar-refractivity contribution in [3.63, 3.8) is 0 Å². The van der Waals surface area contributed by atoms with Gasteiger partial charge in [-0.3, -0.25) is 9.59 Å². The molecule has 0 amide bonds. The quantitative estimate of drug-likeness (QED) is 0.0480. The molecule has 330 valence electrons. The van der Waals surface area contributed by atoms with Gasteiger partial charge < -0.3 is 37.7 Å². The maximum atomic E-state index is 11.5. The average molecular weight is 885 g/mol. The first-order valence-corrected chi connectivity index (χ1v) is 22.6. The minimum absolute atomic E-state index is 0.267. The molecule has 2 N–H and O–H groups in total. The molecular formula is C43H52N2O14S2. The molecule has 0 aliphatic rings. The van der Waals surface area contributed by atoms with Gasteiger partial charge in [0.25, 0.3) is 0 Å². The van der Waals surface area contributed by atoms with Gasteiger partial charge in [0.2, 0.25) is 0 Å². The molecule has 0 aliphatic heterocycles. The van der Waals surface area contributed by atoms with Crippen LogP contribution in [-0.2, 0) is 65.2 Å². The minimum Gasteiger partial charge on any atom is -0.493 e. The zero-order chi connectivity index (χ0) is 45.0. The summed E-state index contributed by atoms with van der Waals surface area (Å²) in [7, 11) is -5.69. The smallest absolute Gasteiger partial charge is 0.312 e. The Kier molecular flexibility index (Phi) is 19.5. The molecule has 0 heterocycles. The van der Waals surface area contributed by atoms with Gasteiger partial charge in [-0.25, -0.2) is 0 Å². The second kappa shape index (κ2) is 24.2. The van der Waals surface area contributed by atoms with Crippen LogP contribution in [0, 0.1) is 11.8 Å². The molecule has 2 atom stereocenters. The van der Waals surface area contributed by atoms with Crippen molar-refractivity contribution in [2.24, 2.45) is 22.1 Å². The van der Waals surface area contributed by atoms with E-state index >= 15 is 0 Å². The van der Waals surface area contributed by atoms with Gasteiger partial charge in [0.05, 0.1) is 37.1 Å². The Labute approximate surface area is 357 Å². The lowest BCUT2D eigenvalue weighted by Crippen LogP contribution is -2.24. The molecule has 0 bridgehead atoms. The third kappa shape index (κ3) is 19.2. The molecule has 4 aromatic carbocycles. The molecule has 0 saturated heterocycles. The van der Waals surface area contributed by atoms with Crippen molar-refractivity contribution in [3.8, 4) is 23.0 Å². The number of oxime groups is 2. The van der Waals surface area contributed by atoms with E-state index < -0.39 is 44.0 Å². The van der Waals surface area contributed by atoms with E-state index in [4.69, 9.17) is 22.7 Å². The lowest BCUT2D eigenvalue weighted by atomic mass is 9.95. The van der Waals surface area contributed by atoms with E-state index in [9.17, 15) is 36.6 Å². The van der Waals surface area contributed by atoms with E-state index in [1.165, 1.54) is 7.11 Å². The molecule has 0 fully saturated rings. The van der Waals surface area contributed by atoms with E-state index in [1.54, 1.807) is 93.6 Å². The van der Waals surface area contributed by atoms with Crippen LogP contribution in [-0.4, -0.2) is 89.9 Å². The topological polar surface area (TPSA) is 223 Å². The number of benzene rings is 4. The molecule has 0 saturated carbocycles. The van der Waals surface area contributed by atoms with Crippen LogP contribution in [0.3, 0.4) is 0 Å². The summed E-state index contributed by atoms with van der Waals surface area (Å²) in [5.74, 6) is -1.54. The number of carboxylic acid groups (broad SMARTS) is 2. The van der Waals surface area contributed by atoms with Gasteiger partial charge in [0.1, 0.15) is 48.6 Å². The molecule has 0 spiro atoms. The largest absolute Gasteiger partial charge is 0.493 e. The average Bonchev–Trinajstić information content (AvgIpc) is 3.19. The first kappa shape index (κ1) is 49.2. The predicted molar refractivity (Wildman–Crippen MR) is 230 cm³/mol. The monoisotopic (exact) mass is 884 g/mol. The molecular weight excluding hydrogens is 833 g/mol. The van der Waals surface area contributed by atoms with E-state index in [1.807, 2.05) is 24.3 Å². The second-order valence-corrected chi connectivity index (χ2v) is 16.8. The number of aliphatic carboxylic acids is 2. The molecule has 2 unspecified atom stereocenters. The Morgan fingerprint density at radius 1 is 0.557 bits per heavy atom. The van der Waals surface area contributed by atoms with E-state index in [-0.39, 0.29) is 11.5 Å². The first-order valence-electron chi connectivity index (χ1n) is 19.0. The van der Waals surface area contributed by atoms with Crippen LogP contribution < -0.4 is 17.8 Å². The number of hydrogen-bond donors (Lipinski definition) is 2. The number of nitrogens with zero attached hydrogens (tertiary/aromatic N) is 2. The Morgan fingerprint density at radius 3 is 1.20 bits per heavy atom. The van der Waals surface area contributed by atoms with Crippen LogP contribution in [0.5, 0.6) is 23.0 Å². The molecule has 61 heavy (non-hydrogen) atoms. The summed E-state index contributed by atoms with van der Waals surface area (Å²) in [6, 6.07) is 28.0. The third-order valence-corrected chi connectivity index (χ3v) is 9.56. The number of ether oxygens (including phenoxy) is 2. The van der Waals surface area contributed by atoms with E-state index in [2.05, 4.69) is 15.1 Å². The fourth-order valence-electron chi connectivity index (χ4n) is 5.53. The van der Waals surface area contributed by atoms with Gasteiger partial charge in [0.15, 0.2) is 0 Å². The van der Waals surface area contributed by atoms with Crippen molar-refractivity contribution in [2.75, 3.05) is 39.4 Å². The van der Waals surface area contributed by atoms with Gasteiger partial charge >= 0.3 is 32.2 Å². The lowest BCUT2D eigenvalue weighted by molar-refractivity contribution is -0.140. The highest BCUT2D eigenvalue weighted by Crippen LogP contribution is 2.20. The summed E-state index contributed by atoms with van der Waals surface area (Å²) in [6.45, 7) is 6.31. The van der Waals surface area contributed by atoms with Gasteiger partial charge in [-0.2, -0.15) is 16.8 Å². The molecule has 18 heteroatoms. The third-order valence-electron chi connectivity index (χ3n) is 8.56. The van der Waals surface area contributed by atoms with Crippen LogP contribution in [0.1, 0.15) is 43.0 Å². The van der Waals surface area contributed by atoms with Crippen molar-refractivity contribution in [3.05, 3.63) is 119 Å². The first-order chi connectivity index (χ1) is 28.8. The summed E-state index contributed by atoms with van der Waals surface area (Å²) >= 11 is 0. The van der Waals surface area contributed by atoms with Crippen LogP contribution in [0.15, 0.2) is 107 Å². The van der Waals surface area contributed by atoms with Crippen molar-refractivity contribution in [1.82, 2.24) is 0 Å². The molecule has 4 rings (SSSR count). The Balaban J connectivity index is 0.000000325. The summed E-state index contributed by atoms with van der Waals surface area (Å²) in [5.41, 5.74) is 4.48. The summed E-state index contributed by atoms with van der Waals surface area (Å²) < 4.78 is 65.5. The molecule has 0 aromatic heterocycles. The minimum atomic E-state index is -3.54. The van der Waals surface area contributed by atoms with Gasteiger partial charge in [0, 0.05) is 12.8 Å². The summed E-state index contributed by atoms with van der Waals surface area (Å²) in [4.78, 5) is 32.6. The number of hydrogen-bond acceptors (Lipinski definition) is 14. The maximum absolute atomic E-state index is 11.5. The van der Waals surface area contributed by atoms with E-state index in [0.29, 0.717) is 68.4 Å². The Morgan fingerprint density at radius 2 is 0.885 bits per heavy atom. The molecule has 0 radical (unpaired) electrons. The zero-order valence-electron chi connectivity index (χ0n) is 34.8. The molecule has 4 aromatic rings. The lowest BCUT2D eigenvalue weighted by Gasteiger charge is -2.13. The predicted octanol–water partition coefficient (Wildman–Crippen LogP) is 6.21. The van der Waals surface area contributed by atoms with Crippen LogP contribution >= 0.6 is 0 Å².